The lowest BCUT2D eigenvalue weighted by Crippen LogP contribution is -1.96. The molecular weight excluding hydrogens is 504 g/mol. The summed E-state index contributed by atoms with van der Waals surface area (Å²) in [5, 5.41) is 5.74. The number of rotatable bonds is 3. The highest BCUT2D eigenvalue weighted by Gasteiger charge is 2.16. The number of hydrogen-bond donors (Lipinski definition) is 0. The van der Waals surface area contributed by atoms with E-state index in [1.54, 1.807) is 0 Å². The average Bonchev–Trinajstić information content (AvgIpc) is 3.58. The second kappa shape index (κ2) is 8.41. The quantitative estimate of drug-likeness (QED) is 0.216. The van der Waals surface area contributed by atoms with Crippen LogP contribution in [-0.4, -0.2) is 18.9 Å². The van der Waals surface area contributed by atoms with E-state index in [9.17, 15) is 0 Å². The van der Waals surface area contributed by atoms with Gasteiger partial charge in [-0.3, -0.25) is 8.97 Å². The van der Waals surface area contributed by atoms with Gasteiger partial charge in [-0.2, -0.15) is 0 Å². The van der Waals surface area contributed by atoms with E-state index in [4.69, 9.17) is 9.72 Å². The third-order valence-electron chi connectivity index (χ3n) is 7.99. The summed E-state index contributed by atoms with van der Waals surface area (Å²) in [5.41, 5.74) is 6.31. The lowest BCUT2D eigenvalue weighted by molar-refractivity contribution is 0.484. The Kier molecular flexibility index (Phi) is 4.55. The molecule has 41 heavy (non-hydrogen) atoms. The summed E-state index contributed by atoms with van der Waals surface area (Å²) < 4.78 is 11.0. The van der Waals surface area contributed by atoms with Gasteiger partial charge in [0.25, 0.3) is 0 Å². The molecule has 0 fully saturated rings. The Balaban J connectivity index is 1.25. The molecule has 0 saturated carbocycles. The molecule has 0 unspecified atom stereocenters. The summed E-state index contributed by atoms with van der Waals surface area (Å²) in [6.45, 7) is 0. The van der Waals surface area contributed by atoms with Gasteiger partial charge in [0, 0.05) is 33.8 Å². The summed E-state index contributed by atoms with van der Waals surface area (Å²) in [7, 11) is 0. The normalized spacial score (nSPS) is 11.9. The highest BCUT2D eigenvalue weighted by atomic mass is 16.5. The van der Waals surface area contributed by atoms with E-state index in [-0.39, 0.29) is 0 Å². The summed E-state index contributed by atoms with van der Waals surface area (Å²) in [5.74, 6) is 2.41. The minimum Gasteiger partial charge on any atom is -0.457 e. The monoisotopic (exact) mass is 526 g/mol. The first-order chi connectivity index (χ1) is 20.3. The molecule has 0 bridgehead atoms. The molecule has 5 aromatic carbocycles. The lowest BCUT2D eigenvalue weighted by atomic mass is 10.1. The van der Waals surface area contributed by atoms with Crippen molar-refractivity contribution in [2.45, 2.75) is 0 Å². The van der Waals surface area contributed by atoms with Crippen molar-refractivity contribution in [3.8, 4) is 17.3 Å². The number of pyridine rings is 2. The van der Waals surface area contributed by atoms with Gasteiger partial charge in [-0.15, -0.1) is 0 Å². The minimum atomic E-state index is 0.765. The van der Waals surface area contributed by atoms with Crippen molar-refractivity contribution in [2.24, 2.45) is 0 Å². The van der Waals surface area contributed by atoms with Crippen LogP contribution in [0.25, 0.3) is 66.0 Å². The Bertz CT molecular complexity index is 2450. The van der Waals surface area contributed by atoms with E-state index in [1.807, 2.05) is 42.6 Å². The Morgan fingerprint density at radius 2 is 1.15 bits per heavy atom. The molecule has 9 aromatic rings. The van der Waals surface area contributed by atoms with E-state index >= 15 is 0 Å². The lowest BCUT2D eigenvalue weighted by Gasteiger charge is -2.12. The predicted molar refractivity (Wildman–Crippen MR) is 166 cm³/mol. The first-order valence-electron chi connectivity index (χ1n) is 13.7. The van der Waals surface area contributed by atoms with Crippen molar-refractivity contribution in [3.63, 3.8) is 0 Å². The third kappa shape index (κ3) is 3.23. The molecule has 0 aliphatic rings. The highest BCUT2D eigenvalue weighted by Crippen LogP contribution is 2.37. The maximum atomic E-state index is 6.55. The maximum Gasteiger partial charge on any atom is 0.146 e. The van der Waals surface area contributed by atoms with Crippen molar-refractivity contribution in [1.29, 1.82) is 0 Å². The SMILES string of the molecule is c1ccc(-n2c3ccccc3c3ccc(Oc4ccc5c6ccccc6n6c7ccccc7nc6c5c4)cc32)nc1. The fourth-order valence-corrected chi connectivity index (χ4v) is 6.24. The van der Waals surface area contributed by atoms with E-state index < -0.39 is 0 Å². The number of benzene rings is 5. The number of aromatic nitrogens is 4. The molecule has 5 nitrogen and oxygen atoms in total. The zero-order chi connectivity index (χ0) is 26.9. The average molecular weight is 527 g/mol. The minimum absolute atomic E-state index is 0.765. The van der Waals surface area contributed by atoms with Crippen molar-refractivity contribution in [2.75, 3.05) is 0 Å². The Labute approximate surface area is 234 Å². The topological polar surface area (TPSA) is 44.4 Å². The van der Waals surface area contributed by atoms with Crippen LogP contribution in [0.5, 0.6) is 11.5 Å². The molecule has 0 aliphatic heterocycles. The van der Waals surface area contributed by atoms with Crippen LogP contribution in [0.2, 0.25) is 0 Å². The predicted octanol–water partition coefficient (Wildman–Crippen LogP) is 9.08. The molecule has 4 heterocycles. The first kappa shape index (κ1) is 22.2. The van der Waals surface area contributed by atoms with Crippen LogP contribution >= 0.6 is 0 Å². The van der Waals surface area contributed by atoms with Crippen molar-refractivity contribution in [3.05, 3.63) is 134 Å². The maximum absolute atomic E-state index is 6.55. The second-order valence-corrected chi connectivity index (χ2v) is 10.3. The molecule has 5 heteroatoms. The summed E-state index contributed by atoms with van der Waals surface area (Å²) in [6.07, 6.45) is 1.83. The van der Waals surface area contributed by atoms with Gasteiger partial charge in [0.2, 0.25) is 0 Å². The van der Waals surface area contributed by atoms with Crippen LogP contribution in [0.15, 0.2) is 134 Å². The van der Waals surface area contributed by atoms with Crippen LogP contribution in [0.4, 0.5) is 0 Å². The summed E-state index contributed by atoms with van der Waals surface area (Å²) in [4.78, 5) is 9.70. The van der Waals surface area contributed by atoms with Gasteiger partial charge in [0.05, 0.1) is 27.6 Å². The Hall–Kier alpha value is -5.68. The number of para-hydroxylation sites is 4. The van der Waals surface area contributed by atoms with Crippen LogP contribution < -0.4 is 4.74 Å². The molecule has 0 atom stereocenters. The molecule has 0 aliphatic carbocycles. The summed E-state index contributed by atoms with van der Waals surface area (Å²) in [6, 6.07) is 43.8. The molecule has 4 aromatic heterocycles. The van der Waals surface area contributed by atoms with Gasteiger partial charge in [0.15, 0.2) is 0 Å². The number of imidazole rings is 1. The van der Waals surface area contributed by atoms with E-state index in [0.717, 1.165) is 66.7 Å². The van der Waals surface area contributed by atoms with E-state index in [1.165, 1.54) is 10.8 Å². The van der Waals surface area contributed by atoms with E-state index in [2.05, 4.69) is 105 Å². The Morgan fingerprint density at radius 3 is 1.98 bits per heavy atom. The molecule has 0 N–H and O–H groups in total. The molecule has 0 amide bonds. The van der Waals surface area contributed by atoms with Crippen LogP contribution in [0.3, 0.4) is 0 Å². The fraction of sp³-hybridized carbons (Fsp3) is 0. The van der Waals surface area contributed by atoms with Gasteiger partial charge in [-0.05, 0) is 72.1 Å². The summed E-state index contributed by atoms with van der Waals surface area (Å²) >= 11 is 0. The second-order valence-electron chi connectivity index (χ2n) is 10.3. The Morgan fingerprint density at radius 1 is 0.488 bits per heavy atom. The van der Waals surface area contributed by atoms with Gasteiger partial charge in [-0.25, -0.2) is 9.97 Å². The smallest absolute Gasteiger partial charge is 0.146 e. The van der Waals surface area contributed by atoms with Gasteiger partial charge in [-0.1, -0.05) is 54.6 Å². The molecule has 192 valence electrons. The number of nitrogens with zero attached hydrogens (tertiary/aromatic N) is 4. The van der Waals surface area contributed by atoms with Crippen LogP contribution in [0.1, 0.15) is 0 Å². The van der Waals surface area contributed by atoms with E-state index in [0.29, 0.717) is 0 Å². The van der Waals surface area contributed by atoms with Gasteiger partial charge < -0.3 is 4.74 Å². The zero-order valence-corrected chi connectivity index (χ0v) is 21.9. The van der Waals surface area contributed by atoms with Crippen molar-refractivity contribution >= 4 is 60.2 Å². The zero-order valence-electron chi connectivity index (χ0n) is 21.9. The molecule has 0 radical (unpaired) electrons. The highest BCUT2D eigenvalue weighted by molar-refractivity contribution is 6.14. The van der Waals surface area contributed by atoms with Crippen LogP contribution in [0, 0.1) is 0 Å². The fourth-order valence-electron chi connectivity index (χ4n) is 6.24. The number of ether oxygens (including phenoxy) is 1. The first-order valence-corrected chi connectivity index (χ1v) is 13.7. The number of fused-ring (bicyclic) bond motifs is 11. The van der Waals surface area contributed by atoms with Gasteiger partial charge in [0.1, 0.15) is 23.0 Å². The number of hydrogen-bond acceptors (Lipinski definition) is 3. The molecule has 0 spiro atoms. The largest absolute Gasteiger partial charge is 0.457 e. The van der Waals surface area contributed by atoms with Crippen LogP contribution in [-0.2, 0) is 0 Å². The standard InChI is InChI=1S/C36H22N4O/c1-5-13-32-26(9-1)25-18-16-23(21-29(25)36-38-30-11-3-6-14-33(30)40(32)36)41-24-17-19-28-27-10-2-4-12-31(27)39(34(28)22-24)35-15-7-8-20-37-35/h1-22H. The van der Waals surface area contributed by atoms with Crippen molar-refractivity contribution < 1.29 is 4.74 Å². The third-order valence-corrected chi connectivity index (χ3v) is 7.99. The van der Waals surface area contributed by atoms with Gasteiger partial charge >= 0.3 is 0 Å². The molecule has 9 rings (SSSR count). The molecular formula is C36H22N4O. The molecule has 0 saturated heterocycles. The van der Waals surface area contributed by atoms with Crippen molar-refractivity contribution in [1.82, 2.24) is 18.9 Å².